The van der Waals surface area contributed by atoms with Gasteiger partial charge in [-0.05, 0) is 37.1 Å². The van der Waals surface area contributed by atoms with Crippen LogP contribution in [-0.2, 0) is 4.74 Å². The van der Waals surface area contributed by atoms with E-state index in [1.807, 2.05) is 4.90 Å². The third-order valence-corrected chi connectivity index (χ3v) is 4.36. The molecule has 0 aromatic heterocycles. The van der Waals surface area contributed by atoms with Crippen molar-refractivity contribution in [3.63, 3.8) is 0 Å². The molecule has 1 saturated heterocycles. The Morgan fingerprint density at radius 1 is 1.32 bits per heavy atom. The molecule has 2 rings (SSSR count). The summed E-state index contributed by atoms with van der Waals surface area (Å²) in [5, 5.41) is 2.94. The van der Waals surface area contributed by atoms with E-state index >= 15 is 0 Å². The molecule has 0 unspecified atom stereocenters. The average molecular weight is 370 g/mol. The molecule has 1 aromatic carbocycles. The van der Waals surface area contributed by atoms with Crippen LogP contribution < -0.4 is 10.2 Å². The van der Waals surface area contributed by atoms with Crippen LogP contribution in [0.5, 0.6) is 0 Å². The van der Waals surface area contributed by atoms with Gasteiger partial charge in [-0.1, -0.05) is 15.9 Å². The number of carbonyl (C=O) groups excluding carboxylic acids is 1. The summed E-state index contributed by atoms with van der Waals surface area (Å²) < 4.78 is 6.08. The predicted octanol–water partition coefficient (Wildman–Crippen LogP) is 2.63. The summed E-state index contributed by atoms with van der Waals surface area (Å²) in [6.07, 6.45) is 0.848. The zero-order chi connectivity index (χ0) is 15.9. The molecule has 1 aliphatic rings. The summed E-state index contributed by atoms with van der Waals surface area (Å²) in [4.78, 5) is 16.3. The molecule has 6 heteroatoms. The van der Waals surface area contributed by atoms with Crippen molar-refractivity contribution >= 4 is 27.6 Å². The zero-order valence-electron chi connectivity index (χ0n) is 13.3. The van der Waals surface area contributed by atoms with Crippen molar-refractivity contribution in [1.29, 1.82) is 0 Å². The Morgan fingerprint density at radius 2 is 2.05 bits per heavy atom. The van der Waals surface area contributed by atoms with Gasteiger partial charge >= 0.3 is 6.03 Å². The van der Waals surface area contributed by atoms with Gasteiger partial charge < -0.3 is 19.9 Å². The Hall–Kier alpha value is -1.27. The molecule has 0 radical (unpaired) electrons. The van der Waals surface area contributed by atoms with Gasteiger partial charge in [0.15, 0.2) is 0 Å². The van der Waals surface area contributed by atoms with Crippen LogP contribution in [0.2, 0.25) is 0 Å². The second-order valence-corrected chi connectivity index (χ2v) is 6.40. The SMILES string of the molecule is COCCCNC(=O)N1CCN(c2ccc(Br)cc2C)CC1. The average Bonchev–Trinajstić information content (AvgIpc) is 2.52. The number of carbonyl (C=O) groups is 1. The van der Waals surface area contributed by atoms with Crippen LogP contribution in [0.3, 0.4) is 0 Å². The number of amides is 2. The van der Waals surface area contributed by atoms with Gasteiger partial charge in [0.05, 0.1) is 0 Å². The van der Waals surface area contributed by atoms with Crippen molar-refractivity contribution in [3.8, 4) is 0 Å². The molecule has 1 heterocycles. The number of hydrogen-bond donors (Lipinski definition) is 1. The molecule has 1 aromatic rings. The molecular weight excluding hydrogens is 346 g/mol. The molecule has 122 valence electrons. The van der Waals surface area contributed by atoms with E-state index in [4.69, 9.17) is 4.74 Å². The smallest absolute Gasteiger partial charge is 0.317 e. The highest BCUT2D eigenvalue weighted by atomic mass is 79.9. The second kappa shape index (κ2) is 8.39. The fraction of sp³-hybridized carbons (Fsp3) is 0.562. The Balaban J connectivity index is 1.81. The number of nitrogens with one attached hydrogen (secondary N) is 1. The van der Waals surface area contributed by atoms with Crippen molar-refractivity contribution in [2.75, 3.05) is 51.3 Å². The Labute approximate surface area is 140 Å². The first kappa shape index (κ1) is 17.1. The van der Waals surface area contributed by atoms with E-state index in [0.29, 0.717) is 13.2 Å². The first-order chi connectivity index (χ1) is 10.6. The Morgan fingerprint density at radius 3 is 2.68 bits per heavy atom. The highest BCUT2D eigenvalue weighted by molar-refractivity contribution is 9.10. The largest absolute Gasteiger partial charge is 0.385 e. The second-order valence-electron chi connectivity index (χ2n) is 5.48. The summed E-state index contributed by atoms with van der Waals surface area (Å²) in [5.74, 6) is 0. The van der Waals surface area contributed by atoms with Gasteiger partial charge in [-0.3, -0.25) is 0 Å². The number of benzene rings is 1. The van der Waals surface area contributed by atoms with Gasteiger partial charge in [-0.25, -0.2) is 4.79 Å². The molecule has 1 N–H and O–H groups in total. The molecule has 0 aliphatic carbocycles. The number of nitrogens with zero attached hydrogens (tertiary/aromatic N) is 2. The fourth-order valence-corrected chi connectivity index (χ4v) is 3.12. The van der Waals surface area contributed by atoms with Crippen LogP contribution in [0.25, 0.3) is 0 Å². The van der Waals surface area contributed by atoms with Crippen molar-refractivity contribution < 1.29 is 9.53 Å². The lowest BCUT2D eigenvalue weighted by Crippen LogP contribution is -2.52. The van der Waals surface area contributed by atoms with Crippen molar-refractivity contribution in [2.45, 2.75) is 13.3 Å². The highest BCUT2D eigenvalue weighted by Gasteiger charge is 2.21. The minimum absolute atomic E-state index is 0.0308. The van der Waals surface area contributed by atoms with Crippen molar-refractivity contribution in [2.24, 2.45) is 0 Å². The van der Waals surface area contributed by atoms with Crippen LogP contribution in [0.15, 0.2) is 22.7 Å². The third-order valence-electron chi connectivity index (χ3n) is 3.87. The standard InChI is InChI=1S/C16H24BrN3O2/c1-13-12-14(17)4-5-15(13)19-7-9-20(10-8-19)16(21)18-6-3-11-22-2/h4-5,12H,3,6-11H2,1-2H3,(H,18,21). The van der Waals surface area contributed by atoms with Crippen LogP contribution in [0.1, 0.15) is 12.0 Å². The van der Waals surface area contributed by atoms with Crippen LogP contribution in [0, 0.1) is 6.92 Å². The number of urea groups is 1. The number of methoxy groups -OCH3 is 1. The van der Waals surface area contributed by atoms with E-state index in [1.54, 1.807) is 7.11 Å². The van der Waals surface area contributed by atoms with Crippen LogP contribution in [-0.4, -0.2) is 57.4 Å². The maximum Gasteiger partial charge on any atom is 0.317 e. The molecule has 2 amide bonds. The topological polar surface area (TPSA) is 44.8 Å². The minimum Gasteiger partial charge on any atom is -0.385 e. The van der Waals surface area contributed by atoms with Crippen LogP contribution in [0.4, 0.5) is 10.5 Å². The molecule has 5 nitrogen and oxygen atoms in total. The molecule has 1 aliphatic heterocycles. The first-order valence-electron chi connectivity index (χ1n) is 7.64. The van der Waals surface area contributed by atoms with E-state index in [9.17, 15) is 4.79 Å². The monoisotopic (exact) mass is 369 g/mol. The van der Waals surface area contributed by atoms with E-state index < -0.39 is 0 Å². The van der Waals surface area contributed by atoms with Gasteiger partial charge in [0.2, 0.25) is 0 Å². The Bertz CT molecular complexity index is 502. The number of halogens is 1. The maximum atomic E-state index is 12.1. The van der Waals surface area contributed by atoms with E-state index in [1.165, 1.54) is 11.3 Å². The number of piperazine rings is 1. The molecule has 0 bridgehead atoms. The van der Waals surface area contributed by atoms with Crippen molar-refractivity contribution in [3.05, 3.63) is 28.2 Å². The van der Waals surface area contributed by atoms with Crippen molar-refractivity contribution in [1.82, 2.24) is 10.2 Å². The lowest BCUT2D eigenvalue weighted by molar-refractivity contribution is 0.183. The number of anilines is 1. The number of ether oxygens (including phenoxy) is 1. The third kappa shape index (κ3) is 4.61. The Kier molecular flexibility index (Phi) is 6.51. The molecule has 1 fully saturated rings. The number of rotatable bonds is 5. The lowest BCUT2D eigenvalue weighted by atomic mass is 10.1. The summed E-state index contributed by atoms with van der Waals surface area (Å²) in [5.41, 5.74) is 2.51. The van der Waals surface area contributed by atoms with Crippen LogP contribution >= 0.6 is 15.9 Å². The lowest BCUT2D eigenvalue weighted by Gasteiger charge is -2.36. The maximum absolute atomic E-state index is 12.1. The van der Waals surface area contributed by atoms with E-state index in [-0.39, 0.29) is 6.03 Å². The minimum atomic E-state index is 0.0308. The quantitative estimate of drug-likeness (QED) is 0.811. The first-order valence-corrected chi connectivity index (χ1v) is 8.44. The number of hydrogen-bond acceptors (Lipinski definition) is 3. The van der Waals surface area contributed by atoms with Gasteiger partial charge in [-0.2, -0.15) is 0 Å². The fourth-order valence-electron chi connectivity index (χ4n) is 2.65. The summed E-state index contributed by atoms with van der Waals surface area (Å²) >= 11 is 3.50. The zero-order valence-corrected chi connectivity index (χ0v) is 14.9. The highest BCUT2D eigenvalue weighted by Crippen LogP contribution is 2.24. The molecule has 0 saturated carbocycles. The normalized spacial score (nSPS) is 15.0. The predicted molar refractivity (Wildman–Crippen MR) is 92.6 cm³/mol. The summed E-state index contributed by atoms with van der Waals surface area (Å²) in [6.45, 7) is 6.71. The van der Waals surface area contributed by atoms with E-state index in [0.717, 1.165) is 37.1 Å². The molecule has 0 spiro atoms. The van der Waals surface area contributed by atoms with Gasteiger partial charge in [0, 0.05) is 56.6 Å². The molecule has 22 heavy (non-hydrogen) atoms. The van der Waals surface area contributed by atoms with Gasteiger partial charge in [-0.15, -0.1) is 0 Å². The van der Waals surface area contributed by atoms with Gasteiger partial charge in [0.1, 0.15) is 0 Å². The van der Waals surface area contributed by atoms with Gasteiger partial charge in [0.25, 0.3) is 0 Å². The summed E-state index contributed by atoms with van der Waals surface area (Å²) in [7, 11) is 1.67. The number of aryl methyl sites for hydroxylation is 1. The molecule has 0 atom stereocenters. The molecular formula is C16H24BrN3O2. The summed E-state index contributed by atoms with van der Waals surface area (Å²) in [6, 6.07) is 6.37. The van der Waals surface area contributed by atoms with E-state index in [2.05, 4.69) is 51.3 Å².